The molecule has 1 aromatic carbocycles. The molecule has 2 aliphatic heterocycles. The normalized spacial score (nSPS) is 23.6. The Morgan fingerprint density at radius 3 is 2.55 bits per heavy atom. The molecule has 4 heteroatoms. The first-order valence-electron chi connectivity index (χ1n) is 7.63. The molecule has 20 heavy (non-hydrogen) atoms. The third-order valence-electron chi connectivity index (χ3n) is 4.48. The smallest absolute Gasteiger partial charge is 0.0469 e. The predicted octanol–water partition coefficient (Wildman–Crippen LogP) is 2.71. The number of nitrogens with one attached hydrogen (secondary N) is 1. The molecule has 3 nitrogen and oxygen atoms in total. The molecule has 0 aromatic heterocycles. The fourth-order valence-corrected chi connectivity index (χ4v) is 3.70. The van der Waals surface area contributed by atoms with Gasteiger partial charge in [-0.25, -0.2) is 0 Å². The molecule has 0 saturated carbocycles. The zero-order valence-electron chi connectivity index (χ0n) is 11.9. The van der Waals surface area contributed by atoms with E-state index in [0.29, 0.717) is 12.0 Å². The SMILES string of the molecule is Clc1ccccc1[C@H](C1CCOCC1)N1CCNCC1. The Morgan fingerprint density at radius 2 is 1.85 bits per heavy atom. The van der Waals surface area contributed by atoms with Gasteiger partial charge < -0.3 is 10.1 Å². The lowest BCUT2D eigenvalue weighted by atomic mass is 9.85. The summed E-state index contributed by atoms with van der Waals surface area (Å²) in [5, 5.41) is 4.34. The monoisotopic (exact) mass is 294 g/mol. The van der Waals surface area contributed by atoms with E-state index in [4.69, 9.17) is 16.3 Å². The maximum absolute atomic E-state index is 6.48. The van der Waals surface area contributed by atoms with Crippen molar-refractivity contribution in [3.05, 3.63) is 34.9 Å². The van der Waals surface area contributed by atoms with Crippen LogP contribution in [0.3, 0.4) is 0 Å². The Labute approximate surface area is 126 Å². The lowest BCUT2D eigenvalue weighted by molar-refractivity contribution is 0.0213. The van der Waals surface area contributed by atoms with Crippen LogP contribution >= 0.6 is 11.6 Å². The largest absolute Gasteiger partial charge is 0.381 e. The first-order chi connectivity index (χ1) is 9.86. The molecule has 1 atom stereocenters. The van der Waals surface area contributed by atoms with Crippen molar-refractivity contribution in [2.75, 3.05) is 39.4 Å². The molecule has 110 valence electrons. The van der Waals surface area contributed by atoms with E-state index in [-0.39, 0.29) is 0 Å². The van der Waals surface area contributed by atoms with Crippen molar-refractivity contribution in [2.45, 2.75) is 18.9 Å². The van der Waals surface area contributed by atoms with Gasteiger partial charge in [0.25, 0.3) is 0 Å². The van der Waals surface area contributed by atoms with Crippen LogP contribution in [0, 0.1) is 5.92 Å². The van der Waals surface area contributed by atoms with E-state index in [0.717, 1.165) is 57.3 Å². The highest BCUT2D eigenvalue weighted by atomic mass is 35.5. The molecular formula is C16H23ClN2O. The molecule has 1 aromatic rings. The summed E-state index contributed by atoms with van der Waals surface area (Å²) in [7, 11) is 0. The van der Waals surface area contributed by atoms with Crippen LogP contribution in [-0.2, 0) is 4.74 Å². The van der Waals surface area contributed by atoms with Crippen molar-refractivity contribution in [1.82, 2.24) is 10.2 Å². The molecule has 0 bridgehead atoms. The Hall–Kier alpha value is -0.610. The van der Waals surface area contributed by atoms with Crippen molar-refractivity contribution in [3.63, 3.8) is 0 Å². The number of hydrogen-bond acceptors (Lipinski definition) is 3. The molecule has 0 amide bonds. The van der Waals surface area contributed by atoms with Crippen LogP contribution in [0.5, 0.6) is 0 Å². The van der Waals surface area contributed by atoms with Gasteiger partial charge in [0.05, 0.1) is 0 Å². The zero-order valence-corrected chi connectivity index (χ0v) is 12.6. The average molecular weight is 295 g/mol. The summed E-state index contributed by atoms with van der Waals surface area (Å²) in [4.78, 5) is 2.60. The van der Waals surface area contributed by atoms with E-state index < -0.39 is 0 Å². The fourth-order valence-electron chi connectivity index (χ4n) is 3.46. The van der Waals surface area contributed by atoms with Gasteiger partial charge in [0.2, 0.25) is 0 Å². The summed E-state index contributed by atoms with van der Waals surface area (Å²) < 4.78 is 5.54. The van der Waals surface area contributed by atoms with Gasteiger partial charge in [-0.05, 0) is 30.4 Å². The lowest BCUT2D eigenvalue weighted by Crippen LogP contribution is -2.47. The first-order valence-corrected chi connectivity index (χ1v) is 8.01. The number of benzene rings is 1. The molecule has 0 spiro atoms. The zero-order chi connectivity index (χ0) is 13.8. The Morgan fingerprint density at radius 1 is 1.15 bits per heavy atom. The second kappa shape index (κ2) is 6.90. The first kappa shape index (κ1) is 14.3. The number of rotatable bonds is 3. The highest BCUT2D eigenvalue weighted by Crippen LogP contribution is 2.38. The topological polar surface area (TPSA) is 24.5 Å². The fraction of sp³-hybridized carbons (Fsp3) is 0.625. The van der Waals surface area contributed by atoms with Gasteiger partial charge in [0.15, 0.2) is 0 Å². The van der Waals surface area contributed by atoms with Crippen LogP contribution < -0.4 is 5.32 Å². The number of halogens is 1. The predicted molar refractivity (Wildman–Crippen MR) is 82.2 cm³/mol. The third kappa shape index (κ3) is 3.17. The summed E-state index contributed by atoms with van der Waals surface area (Å²) >= 11 is 6.48. The van der Waals surface area contributed by atoms with Gasteiger partial charge in [0, 0.05) is 50.5 Å². The molecule has 0 aliphatic carbocycles. The van der Waals surface area contributed by atoms with E-state index in [1.165, 1.54) is 5.56 Å². The molecule has 2 aliphatic rings. The number of piperazine rings is 1. The number of ether oxygens (including phenoxy) is 1. The second-order valence-electron chi connectivity index (χ2n) is 5.70. The molecule has 2 fully saturated rings. The lowest BCUT2D eigenvalue weighted by Gasteiger charge is -2.41. The molecule has 1 N–H and O–H groups in total. The van der Waals surface area contributed by atoms with Gasteiger partial charge >= 0.3 is 0 Å². The van der Waals surface area contributed by atoms with Crippen LogP contribution in [0.4, 0.5) is 0 Å². The molecule has 3 rings (SSSR count). The summed E-state index contributed by atoms with van der Waals surface area (Å²) in [6.45, 7) is 6.13. The summed E-state index contributed by atoms with van der Waals surface area (Å²) in [6, 6.07) is 8.78. The molecule has 0 unspecified atom stereocenters. The minimum absolute atomic E-state index is 0.440. The maximum atomic E-state index is 6.48. The molecular weight excluding hydrogens is 272 g/mol. The number of hydrogen-bond donors (Lipinski definition) is 1. The van der Waals surface area contributed by atoms with E-state index in [1.54, 1.807) is 0 Å². The number of nitrogens with zero attached hydrogens (tertiary/aromatic N) is 1. The van der Waals surface area contributed by atoms with Crippen LogP contribution in [0.25, 0.3) is 0 Å². The van der Waals surface area contributed by atoms with Crippen LogP contribution in [0.2, 0.25) is 5.02 Å². The van der Waals surface area contributed by atoms with Gasteiger partial charge in [-0.2, -0.15) is 0 Å². The molecule has 0 radical (unpaired) electrons. The van der Waals surface area contributed by atoms with E-state index in [9.17, 15) is 0 Å². The second-order valence-corrected chi connectivity index (χ2v) is 6.11. The van der Waals surface area contributed by atoms with Crippen molar-refractivity contribution in [3.8, 4) is 0 Å². The van der Waals surface area contributed by atoms with Crippen molar-refractivity contribution in [1.29, 1.82) is 0 Å². The minimum atomic E-state index is 0.440. The Bertz CT molecular complexity index is 410. The van der Waals surface area contributed by atoms with Crippen LogP contribution in [-0.4, -0.2) is 44.3 Å². The van der Waals surface area contributed by atoms with E-state index in [2.05, 4.69) is 22.3 Å². The maximum Gasteiger partial charge on any atom is 0.0469 e. The summed E-state index contributed by atoms with van der Waals surface area (Å²) in [5.41, 5.74) is 1.29. The van der Waals surface area contributed by atoms with Gasteiger partial charge in [0.1, 0.15) is 0 Å². The van der Waals surface area contributed by atoms with Crippen molar-refractivity contribution < 1.29 is 4.74 Å². The van der Waals surface area contributed by atoms with Gasteiger partial charge in [-0.15, -0.1) is 0 Å². The summed E-state index contributed by atoms with van der Waals surface area (Å²) in [5.74, 6) is 0.654. The van der Waals surface area contributed by atoms with E-state index >= 15 is 0 Å². The summed E-state index contributed by atoms with van der Waals surface area (Å²) in [6.07, 6.45) is 2.28. The molecule has 2 saturated heterocycles. The van der Waals surface area contributed by atoms with Gasteiger partial charge in [-0.3, -0.25) is 4.90 Å². The Kier molecular flexibility index (Phi) is 4.94. The highest BCUT2D eigenvalue weighted by Gasteiger charge is 2.32. The highest BCUT2D eigenvalue weighted by molar-refractivity contribution is 6.31. The van der Waals surface area contributed by atoms with Crippen molar-refractivity contribution >= 4 is 11.6 Å². The average Bonchev–Trinajstić information content (AvgIpc) is 2.52. The Balaban J connectivity index is 1.87. The standard InChI is InChI=1S/C16H23ClN2O/c17-15-4-2-1-3-14(15)16(13-5-11-20-12-6-13)19-9-7-18-8-10-19/h1-4,13,16,18H,5-12H2/t16-/m0/s1. The molecule has 2 heterocycles. The van der Waals surface area contributed by atoms with Crippen LogP contribution in [0.15, 0.2) is 24.3 Å². The van der Waals surface area contributed by atoms with Gasteiger partial charge in [-0.1, -0.05) is 29.8 Å². The quantitative estimate of drug-likeness (QED) is 0.928. The van der Waals surface area contributed by atoms with Crippen molar-refractivity contribution in [2.24, 2.45) is 5.92 Å². The minimum Gasteiger partial charge on any atom is -0.381 e. The van der Waals surface area contributed by atoms with E-state index in [1.807, 2.05) is 12.1 Å². The van der Waals surface area contributed by atoms with Crippen LogP contribution in [0.1, 0.15) is 24.4 Å². The third-order valence-corrected chi connectivity index (χ3v) is 4.83.